The molecule has 84 valence electrons. The monoisotopic (exact) mass is 209 g/mol. The fourth-order valence-corrected chi connectivity index (χ4v) is 2.36. The number of rotatable bonds is 3. The van der Waals surface area contributed by atoms with Gasteiger partial charge in [0.2, 0.25) is 0 Å². The number of likely N-dealkylation sites (tertiary alicyclic amines) is 1. The van der Waals surface area contributed by atoms with Gasteiger partial charge in [-0.15, -0.1) is 0 Å². The zero-order chi connectivity index (χ0) is 10.7. The molecule has 1 fully saturated rings. The Morgan fingerprint density at radius 1 is 1.60 bits per heavy atom. The molecule has 1 aromatic heterocycles. The van der Waals surface area contributed by atoms with Crippen molar-refractivity contribution in [1.82, 2.24) is 10.1 Å². The third-order valence-electron chi connectivity index (χ3n) is 3.17. The highest BCUT2D eigenvalue weighted by Gasteiger charge is 2.22. The number of piperidine rings is 1. The Bertz CT molecular complexity index is 311. The molecular formula is C11H19N3O. The smallest absolute Gasteiger partial charge is 0.167 e. The van der Waals surface area contributed by atoms with E-state index in [-0.39, 0.29) is 0 Å². The number of nitrogens with zero attached hydrogens (tertiary/aromatic N) is 2. The molecule has 0 aromatic carbocycles. The molecular weight excluding hydrogens is 190 g/mol. The van der Waals surface area contributed by atoms with E-state index in [0.29, 0.717) is 11.9 Å². The lowest BCUT2D eigenvalue weighted by molar-refractivity contribution is 0.148. The maximum absolute atomic E-state index is 5.53. The molecule has 1 saturated heterocycles. The minimum absolute atomic E-state index is 0.490. The summed E-state index contributed by atoms with van der Waals surface area (Å²) in [7, 11) is 0. The van der Waals surface area contributed by atoms with E-state index in [0.717, 1.165) is 18.7 Å². The Balaban J connectivity index is 1.97. The van der Waals surface area contributed by atoms with E-state index in [1.165, 1.54) is 25.8 Å². The molecule has 1 aliphatic rings. The van der Waals surface area contributed by atoms with E-state index in [9.17, 15) is 0 Å². The number of aromatic nitrogens is 1. The summed E-state index contributed by atoms with van der Waals surface area (Å²) in [4.78, 5) is 2.52. The second-order valence-corrected chi connectivity index (χ2v) is 4.20. The summed E-state index contributed by atoms with van der Waals surface area (Å²) in [6.45, 7) is 4.55. The fourth-order valence-electron chi connectivity index (χ4n) is 2.36. The zero-order valence-corrected chi connectivity index (χ0v) is 9.28. The van der Waals surface area contributed by atoms with E-state index in [1.807, 2.05) is 6.07 Å². The normalized spacial score (nSPS) is 23.1. The Labute approximate surface area is 90.4 Å². The SMILES string of the molecule is CCN1CCCCC1Cc1cc(N)no1. The van der Waals surface area contributed by atoms with Crippen LogP contribution in [0, 0.1) is 0 Å². The second-order valence-electron chi connectivity index (χ2n) is 4.20. The molecule has 1 unspecified atom stereocenters. The van der Waals surface area contributed by atoms with Gasteiger partial charge in [-0.2, -0.15) is 0 Å². The molecule has 4 heteroatoms. The number of nitrogen functional groups attached to an aromatic ring is 1. The molecule has 0 amide bonds. The number of hydrogen-bond donors (Lipinski definition) is 1. The van der Waals surface area contributed by atoms with Gasteiger partial charge >= 0.3 is 0 Å². The Hall–Kier alpha value is -1.03. The van der Waals surface area contributed by atoms with Gasteiger partial charge in [0.25, 0.3) is 0 Å². The molecule has 0 bridgehead atoms. The molecule has 0 radical (unpaired) electrons. The van der Waals surface area contributed by atoms with Crippen LogP contribution in [0.25, 0.3) is 0 Å². The highest BCUT2D eigenvalue weighted by molar-refractivity contribution is 5.26. The van der Waals surface area contributed by atoms with Gasteiger partial charge in [0.05, 0.1) is 0 Å². The van der Waals surface area contributed by atoms with Crippen LogP contribution in [0.3, 0.4) is 0 Å². The van der Waals surface area contributed by atoms with Crippen molar-refractivity contribution in [2.24, 2.45) is 0 Å². The quantitative estimate of drug-likeness (QED) is 0.822. The standard InChI is InChI=1S/C11H19N3O/c1-2-14-6-4-3-5-9(14)7-10-8-11(12)13-15-10/h8-9H,2-7H2,1H3,(H2,12,13). The number of likely N-dealkylation sites (N-methyl/N-ethyl adjacent to an activating group) is 1. The summed E-state index contributed by atoms with van der Waals surface area (Å²) in [5.41, 5.74) is 5.53. The number of anilines is 1. The highest BCUT2D eigenvalue weighted by atomic mass is 16.5. The van der Waals surface area contributed by atoms with Gasteiger partial charge in [0, 0.05) is 18.5 Å². The number of hydrogen-bond acceptors (Lipinski definition) is 4. The third kappa shape index (κ3) is 2.50. The predicted octanol–water partition coefficient (Wildman–Crippen LogP) is 1.67. The molecule has 4 nitrogen and oxygen atoms in total. The Morgan fingerprint density at radius 3 is 3.13 bits per heavy atom. The number of nitrogens with two attached hydrogens (primary N) is 1. The molecule has 1 atom stereocenters. The van der Waals surface area contributed by atoms with Gasteiger partial charge in [0.15, 0.2) is 5.82 Å². The first-order valence-electron chi connectivity index (χ1n) is 5.74. The van der Waals surface area contributed by atoms with Gasteiger partial charge in [-0.3, -0.25) is 0 Å². The van der Waals surface area contributed by atoms with Gasteiger partial charge in [-0.25, -0.2) is 0 Å². The first-order chi connectivity index (χ1) is 7.29. The van der Waals surface area contributed by atoms with E-state index >= 15 is 0 Å². The zero-order valence-electron chi connectivity index (χ0n) is 9.28. The van der Waals surface area contributed by atoms with Crippen LogP contribution in [0.4, 0.5) is 5.82 Å². The van der Waals surface area contributed by atoms with Crippen molar-refractivity contribution in [2.45, 2.75) is 38.6 Å². The van der Waals surface area contributed by atoms with E-state index in [1.54, 1.807) is 0 Å². The van der Waals surface area contributed by atoms with Crippen molar-refractivity contribution >= 4 is 5.82 Å². The highest BCUT2D eigenvalue weighted by Crippen LogP contribution is 2.20. The van der Waals surface area contributed by atoms with Crippen LogP contribution in [0.2, 0.25) is 0 Å². The van der Waals surface area contributed by atoms with E-state index in [4.69, 9.17) is 10.3 Å². The summed E-state index contributed by atoms with van der Waals surface area (Å²) in [6.07, 6.45) is 4.85. The van der Waals surface area contributed by atoms with Gasteiger partial charge in [0.1, 0.15) is 5.76 Å². The lowest BCUT2D eigenvalue weighted by atomic mass is 9.98. The van der Waals surface area contributed by atoms with Gasteiger partial charge < -0.3 is 15.2 Å². The molecule has 1 aromatic rings. The molecule has 2 rings (SSSR count). The Kier molecular flexibility index (Phi) is 3.26. The lowest BCUT2D eigenvalue weighted by Crippen LogP contribution is -2.40. The minimum Gasteiger partial charge on any atom is -0.381 e. The summed E-state index contributed by atoms with van der Waals surface area (Å²) in [6, 6.07) is 2.44. The van der Waals surface area contributed by atoms with Crippen LogP contribution < -0.4 is 5.73 Å². The third-order valence-corrected chi connectivity index (χ3v) is 3.17. The first kappa shape index (κ1) is 10.5. The molecule has 0 saturated carbocycles. The molecule has 0 aliphatic carbocycles. The van der Waals surface area contributed by atoms with Crippen LogP contribution >= 0.6 is 0 Å². The minimum atomic E-state index is 0.490. The average Bonchev–Trinajstić information content (AvgIpc) is 2.65. The summed E-state index contributed by atoms with van der Waals surface area (Å²) in [5, 5.41) is 3.72. The van der Waals surface area contributed by atoms with Crippen LogP contribution in [0.15, 0.2) is 10.6 Å². The predicted molar refractivity (Wildman–Crippen MR) is 59.5 cm³/mol. The molecule has 2 N–H and O–H groups in total. The molecule has 15 heavy (non-hydrogen) atoms. The maximum atomic E-state index is 5.53. The van der Waals surface area contributed by atoms with Crippen molar-refractivity contribution in [3.63, 3.8) is 0 Å². The average molecular weight is 209 g/mol. The molecule has 2 heterocycles. The maximum Gasteiger partial charge on any atom is 0.167 e. The van der Waals surface area contributed by atoms with E-state index < -0.39 is 0 Å². The van der Waals surface area contributed by atoms with Crippen molar-refractivity contribution in [2.75, 3.05) is 18.8 Å². The molecule has 0 spiro atoms. The van der Waals surface area contributed by atoms with E-state index in [2.05, 4.69) is 17.0 Å². The van der Waals surface area contributed by atoms with Crippen LogP contribution in [-0.2, 0) is 6.42 Å². The van der Waals surface area contributed by atoms with Crippen LogP contribution in [0.5, 0.6) is 0 Å². The summed E-state index contributed by atoms with van der Waals surface area (Å²) < 4.78 is 5.16. The van der Waals surface area contributed by atoms with Crippen molar-refractivity contribution in [3.8, 4) is 0 Å². The summed E-state index contributed by atoms with van der Waals surface area (Å²) in [5.74, 6) is 1.40. The van der Waals surface area contributed by atoms with Crippen molar-refractivity contribution in [3.05, 3.63) is 11.8 Å². The first-order valence-corrected chi connectivity index (χ1v) is 5.74. The summed E-state index contributed by atoms with van der Waals surface area (Å²) >= 11 is 0. The van der Waals surface area contributed by atoms with Crippen LogP contribution in [0.1, 0.15) is 31.9 Å². The van der Waals surface area contributed by atoms with Crippen LogP contribution in [-0.4, -0.2) is 29.2 Å². The largest absolute Gasteiger partial charge is 0.381 e. The Morgan fingerprint density at radius 2 is 2.47 bits per heavy atom. The van der Waals surface area contributed by atoms with Gasteiger partial charge in [-0.1, -0.05) is 18.5 Å². The fraction of sp³-hybridized carbons (Fsp3) is 0.727. The van der Waals surface area contributed by atoms with Gasteiger partial charge in [-0.05, 0) is 25.9 Å². The van der Waals surface area contributed by atoms with Crippen molar-refractivity contribution < 1.29 is 4.52 Å². The molecule has 1 aliphatic heterocycles. The lowest BCUT2D eigenvalue weighted by Gasteiger charge is -2.34. The topological polar surface area (TPSA) is 55.3 Å². The second kappa shape index (κ2) is 4.66. The van der Waals surface area contributed by atoms with Crippen molar-refractivity contribution in [1.29, 1.82) is 0 Å².